The van der Waals surface area contributed by atoms with Crippen LogP contribution in [0.1, 0.15) is 25.0 Å². The van der Waals surface area contributed by atoms with Gasteiger partial charge in [-0.05, 0) is 38.8 Å². The molecule has 1 aromatic rings. The maximum atomic E-state index is 5.84. The Bertz CT molecular complexity index is 358. The Morgan fingerprint density at radius 2 is 2.20 bits per heavy atom. The molecule has 0 radical (unpaired) electrons. The number of fused-ring (bicyclic) bond motifs is 1. The first-order chi connectivity index (χ1) is 7.13. The standard InChI is InChI=1S/C13H20N2/c1-9(2)15-12(8-14)7-11-6-10(3)4-5-13(11)15/h4-6,9,12H,7-8,14H2,1-3H3. The molecule has 1 unspecified atom stereocenters. The zero-order valence-electron chi connectivity index (χ0n) is 9.83. The van der Waals surface area contributed by atoms with Crippen molar-refractivity contribution in [3.63, 3.8) is 0 Å². The van der Waals surface area contributed by atoms with Crippen LogP contribution in [0.2, 0.25) is 0 Å². The fourth-order valence-corrected chi connectivity index (χ4v) is 2.58. The molecule has 1 aliphatic heterocycles. The number of rotatable bonds is 2. The minimum absolute atomic E-state index is 0.488. The van der Waals surface area contributed by atoms with Gasteiger partial charge in [0.1, 0.15) is 0 Å². The molecule has 82 valence electrons. The largest absolute Gasteiger partial charge is 0.364 e. The van der Waals surface area contributed by atoms with Crippen molar-refractivity contribution in [2.75, 3.05) is 11.4 Å². The first-order valence-corrected chi connectivity index (χ1v) is 5.71. The molecule has 0 aromatic heterocycles. The van der Waals surface area contributed by atoms with E-state index in [0.717, 1.165) is 13.0 Å². The first-order valence-electron chi connectivity index (χ1n) is 5.71. The van der Waals surface area contributed by atoms with Crippen molar-refractivity contribution < 1.29 is 0 Å². The fourth-order valence-electron chi connectivity index (χ4n) is 2.58. The third kappa shape index (κ3) is 1.74. The van der Waals surface area contributed by atoms with Crippen molar-refractivity contribution in [1.82, 2.24) is 0 Å². The summed E-state index contributed by atoms with van der Waals surface area (Å²) < 4.78 is 0. The van der Waals surface area contributed by atoms with E-state index in [0.29, 0.717) is 12.1 Å². The molecule has 0 amide bonds. The van der Waals surface area contributed by atoms with Crippen LogP contribution in [0.5, 0.6) is 0 Å². The smallest absolute Gasteiger partial charge is 0.0456 e. The Morgan fingerprint density at radius 1 is 1.47 bits per heavy atom. The second-order valence-electron chi connectivity index (χ2n) is 4.73. The van der Waals surface area contributed by atoms with Gasteiger partial charge in [-0.2, -0.15) is 0 Å². The number of nitrogens with zero attached hydrogens (tertiary/aromatic N) is 1. The van der Waals surface area contributed by atoms with E-state index in [1.54, 1.807) is 0 Å². The van der Waals surface area contributed by atoms with Gasteiger partial charge in [-0.15, -0.1) is 0 Å². The molecule has 15 heavy (non-hydrogen) atoms. The van der Waals surface area contributed by atoms with Crippen LogP contribution in [0.4, 0.5) is 5.69 Å². The molecule has 1 heterocycles. The molecule has 2 nitrogen and oxygen atoms in total. The lowest BCUT2D eigenvalue weighted by atomic mass is 10.1. The Labute approximate surface area is 92.1 Å². The summed E-state index contributed by atoms with van der Waals surface area (Å²) in [6, 6.07) is 7.73. The molecule has 0 saturated carbocycles. The summed E-state index contributed by atoms with van der Waals surface area (Å²) in [6.07, 6.45) is 1.10. The highest BCUT2D eigenvalue weighted by atomic mass is 15.2. The number of aryl methyl sites for hydroxylation is 1. The third-order valence-electron chi connectivity index (χ3n) is 3.19. The topological polar surface area (TPSA) is 29.3 Å². The molecule has 1 atom stereocenters. The molecule has 2 N–H and O–H groups in total. The highest BCUT2D eigenvalue weighted by Gasteiger charge is 2.29. The van der Waals surface area contributed by atoms with Crippen molar-refractivity contribution in [2.24, 2.45) is 5.73 Å². The molecule has 0 bridgehead atoms. The monoisotopic (exact) mass is 204 g/mol. The maximum Gasteiger partial charge on any atom is 0.0456 e. The summed E-state index contributed by atoms with van der Waals surface area (Å²) in [5.41, 5.74) is 10.0. The normalized spacial score (nSPS) is 19.8. The molecule has 0 spiro atoms. The van der Waals surface area contributed by atoms with Crippen LogP contribution < -0.4 is 10.6 Å². The van der Waals surface area contributed by atoms with E-state index < -0.39 is 0 Å². The second kappa shape index (κ2) is 3.86. The lowest BCUT2D eigenvalue weighted by molar-refractivity contribution is 0.576. The second-order valence-corrected chi connectivity index (χ2v) is 4.73. The maximum absolute atomic E-state index is 5.84. The zero-order chi connectivity index (χ0) is 11.0. The van der Waals surface area contributed by atoms with Crippen LogP contribution in [0, 0.1) is 6.92 Å². The van der Waals surface area contributed by atoms with Gasteiger partial charge in [0.05, 0.1) is 0 Å². The molecular weight excluding hydrogens is 184 g/mol. The van der Waals surface area contributed by atoms with E-state index in [-0.39, 0.29) is 0 Å². The van der Waals surface area contributed by atoms with Gasteiger partial charge in [-0.3, -0.25) is 0 Å². The van der Waals surface area contributed by atoms with Gasteiger partial charge in [-0.1, -0.05) is 17.7 Å². The summed E-state index contributed by atoms with van der Waals surface area (Å²) in [5, 5.41) is 0. The quantitative estimate of drug-likeness (QED) is 0.799. The first kappa shape index (κ1) is 10.5. The van der Waals surface area contributed by atoms with Gasteiger partial charge < -0.3 is 10.6 Å². The summed E-state index contributed by atoms with van der Waals surface area (Å²) in [5.74, 6) is 0. The van der Waals surface area contributed by atoms with Crippen LogP contribution in [0.3, 0.4) is 0 Å². The minimum atomic E-state index is 0.488. The van der Waals surface area contributed by atoms with Gasteiger partial charge in [-0.25, -0.2) is 0 Å². The lowest BCUT2D eigenvalue weighted by Gasteiger charge is -2.30. The van der Waals surface area contributed by atoms with Gasteiger partial charge in [0.25, 0.3) is 0 Å². The average Bonchev–Trinajstić information content (AvgIpc) is 2.54. The number of benzene rings is 1. The van der Waals surface area contributed by atoms with Crippen molar-refractivity contribution in [3.05, 3.63) is 29.3 Å². The van der Waals surface area contributed by atoms with Crippen LogP contribution in [-0.4, -0.2) is 18.6 Å². The zero-order valence-corrected chi connectivity index (χ0v) is 9.83. The minimum Gasteiger partial charge on any atom is -0.364 e. The van der Waals surface area contributed by atoms with Crippen molar-refractivity contribution >= 4 is 5.69 Å². The molecule has 1 aliphatic rings. The van der Waals surface area contributed by atoms with Crippen molar-refractivity contribution in [2.45, 2.75) is 39.3 Å². The number of nitrogens with two attached hydrogens (primary N) is 1. The predicted molar refractivity (Wildman–Crippen MR) is 65.3 cm³/mol. The summed E-state index contributed by atoms with van der Waals surface area (Å²) in [7, 11) is 0. The Balaban J connectivity index is 2.40. The number of anilines is 1. The average molecular weight is 204 g/mol. The van der Waals surface area contributed by atoms with E-state index in [4.69, 9.17) is 5.73 Å². The Kier molecular flexibility index (Phi) is 2.70. The van der Waals surface area contributed by atoms with Crippen LogP contribution in [0.15, 0.2) is 18.2 Å². The fraction of sp³-hybridized carbons (Fsp3) is 0.538. The molecule has 0 fully saturated rings. The van der Waals surface area contributed by atoms with Gasteiger partial charge >= 0.3 is 0 Å². The third-order valence-corrected chi connectivity index (χ3v) is 3.19. The van der Waals surface area contributed by atoms with Crippen molar-refractivity contribution in [3.8, 4) is 0 Å². The lowest BCUT2D eigenvalue weighted by Crippen LogP contribution is -2.42. The van der Waals surface area contributed by atoms with Gasteiger partial charge in [0.2, 0.25) is 0 Å². The Morgan fingerprint density at radius 3 is 2.80 bits per heavy atom. The Hall–Kier alpha value is -1.02. The van der Waals surface area contributed by atoms with Crippen LogP contribution >= 0.6 is 0 Å². The van der Waals surface area contributed by atoms with E-state index in [1.807, 2.05) is 0 Å². The number of hydrogen-bond donors (Lipinski definition) is 1. The molecule has 1 aromatic carbocycles. The molecule has 2 heteroatoms. The van der Waals surface area contributed by atoms with Crippen LogP contribution in [0.25, 0.3) is 0 Å². The van der Waals surface area contributed by atoms with Crippen LogP contribution in [-0.2, 0) is 6.42 Å². The SMILES string of the molecule is Cc1ccc2c(c1)CC(CN)N2C(C)C. The summed E-state index contributed by atoms with van der Waals surface area (Å²) in [4.78, 5) is 2.45. The predicted octanol–water partition coefficient (Wildman–Crippen LogP) is 2.09. The molecule has 2 rings (SSSR count). The highest BCUT2D eigenvalue weighted by molar-refractivity contribution is 5.61. The molecule has 0 saturated heterocycles. The molecule has 0 aliphatic carbocycles. The van der Waals surface area contributed by atoms with E-state index in [1.165, 1.54) is 16.8 Å². The molecular formula is C13H20N2. The highest BCUT2D eigenvalue weighted by Crippen LogP contribution is 2.33. The van der Waals surface area contributed by atoms with Gasteiger partial charge in [0.15, 0.2) is 0 Å². The van der Waals surface area contributed by atoms with E-state index in [9.17, 15) is 0 Å². The summed E-state index contributed by atoms with van der Waals surface area (Å²) in [6.45, 7) is 7.36. The van der Waals surface area contributed by atoms with Crippen molar-refractivity contribution in [1.29, 1.82) is 0 Å². The number of hydrogen-bond acceptors (Lipinski definition) is 2. The van der Waals surface area contributed by atoms with Gasteiger partial charge in [0, 0.05) is 24.3 Å². The van der Waals surface area contributed by atoms with E-state index in [2.05, 4.69) is 43.9 Å². The summed E-state index contributed by atoms with van der Waals surface area (Å²) >= 11 is 0. The van der Waals surface area contributed by atoms with E-state index >= 15 is 0 Å².